The summed E-state index contributed by atoms with van der Waals surface area (Å²) in [4.78, 5) is 14.5. The second-order valence-electron chi connectivity index (χ2n) is 6.22. The molecule has 1 aromatic heterocycles. The van der Waals surface area contributed by atoms with Gasteiger partial charge in [0, 0.05) is 31.4 Å². The fraction of sp³-hybridized carbons (Fsp3) is 0.286. The first-order valence-corrected chi connectivity index (χ1v) is 8.70. The van der Waals surface area contributed by atoms with Gasteiger partial charge in [-0.2, -0.15) is 0 Å². The normalized spacial score (nSPS) is 10.9. The zero-order chi connectivity index (χ0) is 19.2. The Morgan fingerprint density at radius 3 is 2.48 bits per heavy atom. The Morgan fingerprint density at radius 1 is 1.00 bits per heavy atom. The number of hydrogen-bond donors (Lipinski definition) is 0. The number of halogens is 1. The van der Waals surface area contributed by atoms with Gasteiger partial charge in [0.05, 0.1) is 18.6 Å². The van der Waals surface area contributed by atoms with Gasteiger partial charge in [-0.1, -0.05) is 0 Å². The molecule has 5 nitrogen and oxygen atoms in total. The van der Waals surface area contributed by atoms with E-state index in [1.54, 1.807) is 18.2 Å². The fourth-order valence-electron chi connectivity index (χ4n) is 2.67. The Balaban J connectivity index is 1.80. The molecule has 0 aliphatic heterocycles. The van der Waals surface area contributed by atoms with Crippen molar-refractivity contribution in [1.82, 2.24) is 0 Å². The minimum Gasteiger partial charge on any atom is -0.491 e. The average molecular weight is 370 g/mol. The van der Waals surface area contributed by atoms with Gasteiger partial charge in [-0.15, -0.1) is 0 Å². The number of ether oxygens (including phenoxy) is 2. The molecule has 0 bridgehead atoms. The van der Waals surface area contributed by atoms with Gasteiger partial charge in [-0.05, 0) is 42.5 Å². The average Bonchev–Trinajstić information content (AvgIpc) is 2.68. The number of anilines is 1. The smallest absolute Gasteiger partial charge is 0.193 e. The summed E-state index contributed by atoms with van der Waals surface area (Å²) in [6.07, 6.45) is 0. The topological polar surface area (TPSA) is 51.9 Å². The van der Waals surface area contributed by atoms with E-state index in [1.807, 2.05) is 43.3 Å². The van der Waals surface area contributed by atoms with Crippen LogP contribution in [0.5, 0.6) is 5.75 Å². The number of rotatable bonds is 8. The maximum Gasteiger partial charge on any atom is 0.193 e. The number of nitrogens with zero attached hydrogens (tertiary/aromatic N) is 1. The van der Waals surface area contributed by atoms with E-state index in [9.17, 15) is 9.18 Å². The van der Waals surface area contributed by atoms with Crippen molar-refractivity contribution >= 4 is 16.7 Å². The van der Waals surface area contributed by atoms with Gasteiger partial charge < -0.3 is 18.8 Å². The summed E-state index contributed by atoms with van der Waals surface area (Å²) in [5.74, 6) is 1.06. The third kappa shape index (κ3) is 4.65. The van der Waals surface area contributed by atoms with Crippen LogP contribution in [0.15, 0.2) is 57.7 Å². The van der Waals surface area contributed by atoms with Crippen molar-refractivity contribution in [1.29, 1.82) is 0 Å². The van der Waals surface area contributed by atoms with Crippen LogP contribution in [-0.4, -0.2) is 40.6 Å². The van der Waals surface area contributed by atoms with E-state index in [-0.39, 0.29) is 18.6 Å². The first kappa shape index (κ1) is 18.9. The number of alkyl halides is 1. The van der Waals surface area contributed by atoms with Gasteiger partial charge in [0.2, 0.25) is 0 Å². The van der Waals surface area contributed by atoms with E-state index in [4.69, 9.17) is 13.9 Å². The lowest BCUT2D eigenvalue weighted by molar-refractivity contribution is 0.0897. The Morgan fingerprint density at radius 2 is 1.78 bits per heavy atom. The van der Waals surface area contributed by atoms with Gasteiger partial charge in [0.15, 0.2) is 5.43 Å². The zero-order valence-electron chi connectivity index (χ0n) is 15.4. The lowest BCUT2D eigenvalue weighted by Gasteiger charge is -2.12. The molecule has 2 aromatic carbocycles. The zero-order valence-corrected chi connectivity index (χ0v) is 15.4. The van der Waals surface area contributed by atoms with Gasteiger partial charge in [-0.25, -0.2) is 4.39 Å². The molecule has 6 heteroatoms. The Hall–Kier alpha value is -2.86. The molecule has 0 saturated carbocycles. The van der Waals surface area contributed by atoms with Crippen molar-refractivity contribution in [2.45, 2.75) is 0 Å². The molecular formula is C21H22FNO4. The molecule has 0 amide bonds. The Bertz CT molecular complexity index is 951. The molecule has 27 heavy (non-hydrogen) atoms. The lowest BCUT2D eigenvalue weighted by atomic mass is 10.1. The van der Waals surface area contributed by atoms with Crippen LogP contribution in [0.2, 0.25) is 0 Å². The number of fused-ring (bicyclic) bond motifs is 1. The molecule has 0 unspecified atom stereocenters. The maximum atomic E-state index is 12.5. The highest BCUT2D eigenvalue weighted by atomic mass is 18.2. The summed E-state index contributed by atoms with van der Waals surface area (Å²) in [6.45, 7) is 0.117. The van der Waals surface area contributed by atoms with Crippen LogP contribution in [-0.2, 0) is 4.74 Å². The monoisotopic (exact) mass is 370 g/mol. The number of benzene rings is 2. The van der Waals surface area contributed by atoms with Gasteiger partial charge in [-0.3, -0.25) is 4.79 Å². The first-order chi connectivity index (χ1) is 13.1. The van der Waals surface area contributed by atoms with Crippen LogP contribution in [0.4, 0.5) is 10.1 Å². The van der Waals surface area contributed by atoms with Crippen LogP contribution in [0, 0.1) is 0 Å². The minimum absolute atomic E-state index is 0.0585. The van der Waals surface area contributed by atoms with Crippen molar-refractivity contribution in [3.8, 4) is 17.1 Å². The van der Waals surface area contributed by atoms with Crippen molar-refractivity contribution in [2.75, 3.05) is 45.5 Å². The van der Waals surface area contributed by atoms with E-state index < -0.39 is 6.67 Å². The molecule has 0 fully saturated rings. The van der Waals surface area contributed by atoms with E-state index in [1.165, 1.54) is 6.07 Å². The molecule has 0 spiro atoms. The Kier molecular flexibility index (Phi) is 6.08. The van der Waals surface area contributed by atoms with E-state index in [2.05, 4.69) is 0 Å². The van der Waals surface area contributed by atoms with Crippen LogP contribution < -0.4 is 15.1 Å². The molecule has 3 aromatic rings. The van der Waals surface area contributed by atoms with Crippen LogP contribution in [0.25, 0.3) is 22.3 Å². The molecular weight excluding hydrogens is 348 g/mol. The van der Waals surface area contributed by atoms with Crippen LogP contribution in [0.3, 0.4) is 0 Å². The summed E-state index contributed by atoms with van der Waals surface area (Å²) in [7, 11) is 3.94. The molecule has 0 saturated heterocycles. The van der Waals surface area contributed by atoms with Crippen molar-refractivity contribution in [2.24, 2.45) is 0 Å². The van der Waals surface area contributed by atoms with E-state index >= 15 is 0 Å². The minimum atomic E-state index is -0.517. The molecule has 1 heterocycles. The molecule has 0 N–H and O–H groups in total. The highest BCUT2D eigenvalue weighted by Crippen LogP contribution is 2.26. The summed E-state index contributed by atoms with van der Waals surface area (Å²) >= 11 is 0. The summed E-state index contributed by atoms with van der Waals surface area (Å²) < 4.78 is 28.4. The third-order valence-electron chi connectivity index (χ3n) is 4.08. The van der Waals surface area contributed by atoms with Crippen LogP contribution in [0.1, 0.15) is 0 Å². The Labute approximate surface area is 156 Å². The van der Waals surface area contributed by atoms with Crippen molar-refractivity contribution in [3.63, 3.8) is 0 Å². The number of hydrogen-bond acceptors (Lipinski definition) is 5. The fourth-order valence-corrected chi connectivity index (χ4v) is 2.67. The highest BCUT2D eigenvalue weighted by molar-refractivity contribution is 5.80. The van der Waals surface area contributed by atoms with Gasteiger partial charge >= 0.3 is 0 Å². The quantitative estimate of drug-likeness (QED) is 0.563. The van der Waals surface area contributed by atoms with Crippen molar-refractivity contribution in [3.05, 3.63) is 58.8 Å². The third-order valence-corrected chi connectivity index (χ3v) is 4.08. The predicted octanol–water partition coefficient (Wildman–Crippen LogP) is 3.89. The second-order valence-corrected chi connectivity index (χ2v) is 6.22. The van der Waals surface area contributed by atoms with E-state index in [0.29, 0.717) is 29.1 Å². The molecule has 3 rings (SSSR count). The largest absolute Gasteiger partial charge is 0.491 e. The molecule has 0 aliphatic carbocycles. The molecule has 142 valence electrons. The lowest BCUT2D eigenvalue weighted by Crippen LogP contribution is -2.08. The second kappa shape index (κ2) is 8.68. The SMILES string of the molecule is CN(C)c1ccc(-c2cc(=O)c3cc(OCCOCC[18F])ccc3o2)cc1. The highest BCUT2D eigenvalue weighted by Gasteiger charge is 2.09. The van der Waals surface area contributed by atoms with Gasteiger partial charge in [0.25, 0.3) is 0 Å². The standard InChI is InChI=1S/C21H22FNO4/c1-23(2)16-5-3-15(4-6-16)21-14-19(24)18-13-17(7-8-20(18)27-21)26-12-11-25-10-9-22/h3-8,13-14H,9-12H2,1-2H3/i22-1. The van der Waals surface area contributed by atoms with Crippen molar-refractivity contribution < 1.29 is 18.3 Å². The summed E-state index contributed by atoms with van der Waals surface area (Å²) in [6, 6.07) is 14.4. The van der Waals surface area contributed by atoms with Crippen LogP contribution >= 0.6 is 0 Å². The van der Waals surface area contributed by atoms with Gasteiger partial charge in [0.1, 0.15) is 30.4 Å². The molecule has 0 aliphatic rings. The first-order valence-electron chi connectivity index (χ1n) is 8.70. The predicted molar refractivity (Wildman–Crippen MR) is 105 cm³/mol. The summed E-state index contributed by atoms with van der Waals surface area (Å²) in [5, 5.41) is 0.450. The molecule has 0 atom stereocenters. The molecule has 0 radical (unpaired) electrons. The maximum absolute atomic E-state index is 12.5. The summed E-state index contributed by atoms with van der Waals surface area (Å²) in [5.41, 5.74) is 2.27. The van der Waals surface area contributed by atoms with E-state index in [0.717, 1.165) is 11.3 Å².